The van der Waals surface area contributed by atoms with Crippen LogP contribution in [0.15, 0.2) is 12.4 Å². The molecule has 1 aliphatic heterocycles. The molecule has 1 saturated heterocycles. The highest BCUT2D eigenvalue weighted by atomic mass is 19.1. The summed E-state index contributed by atoms with van der Waals surface area (Å²) in [4.78, 5) is 21.4. The van der Waals surface area contributed by atoms with Crippen LogP contribution in [0.3, 0.4) is 0 Å². The first-order valence-electron chi connectivity index (χ1n) is 6.96. The topological polar surface area (TPSA) is 55.3 Å². The van der Waals surface area contributed by atoms with E-state index >= 15 is 0 Å². The number of ether oxygens (including phenoxy) is 1. The summed E-state index contributed by atoms with van der Waals surface area (Å²) in [5.41, 5.74) is 0. The lowest BCUT2D eigenvalue weighted by Gasteiger charge is -2.32. The monoisotopic (exact) mass is 281 g/mol. The molecule has 110 valence electrons. The number of likely N-dealkylation sites (tertiary alicyclic amines) is 1. The summed E-state index contributed by atoms with van der Waals surface area (Å²) in [6.07, 6.45) is 4.34. The molecule has 0 radical (unpaired) electrons. The quantitative estimate of drug-likeness (QED) is 0.847. The number of amides is 1. The SMILES string of the molecule is CC(C)CC(=O)N1CCCC(Oc2ncc(F)cn2)C1. The molecule has 2 rings (SSSR count). The van der Waals surface area contributed by atoms with Gasteiger partial charge in [0.05, 0.1) is 18.9 Å². The van der Waals surface area contributed by atoms with E-state index in [1.54, 1.807) is 0 Å². The van der Waals surface area contributed by atoms with Gasteiger partial charge in [0, 0.05) is 13.0 Å². The standard InChI is InChI=1S/C14H20FN3O2/c1-10(2)6-13(19)18-5-3-4-12(9-18)20-14-16-7-11(15)8-17-14/h7-8,10,12H,3-6,9H2,1-2H3. The zero-order valence-electron chi connectivity index (χ0n) is 11.9. The van der Waals surface area contributed by atoms with Crippen LogP contribution in [0.5, 0.6) is 6.01 Å². The Morgan fingerprint density at radius 3 is 2.85 bits per heavy atom. The van der Waals surface area contributed by atoms with Gasteiger partial charge in [0.25, 0.3) is 0 Å². The number of carbonyl (C=O) groups excluding carboxylic acids is 1. The fraction of sp³-hybridized carbons (Fsp3) is 0.643. The average molecular weight is 281 g/mol. The molecule has 1 fully saturated rings. The normalized spacial score (nSPS) is 19.2. The molecule has 0 aromatic carbocycles. The molecule has 20 heavy (non-hydrogen) atoms. The summed E-state index contributed by atoms with van der Waals surface area (Å²) in [5, 5.41) is 0. The van der Waals surface area contributed by atoms with E-state index < -0.39 is 5.82 Å². The predicted molar refractivity (Wildman–Crippen MR) is 71.7 cm³/mol. The van der Waals surface area contributed by atoms with Crippen molar-refractivity contribution in [1.82, 2.24) is 14.9 Å². The van der Waals surface area contributed by atoms with Gasteiger partial charge in [-0.3, -0.25) is 4.79 Å². The zero-order chi connectivity index (χ0) is 14.5. The Morgan fingerprint density at radius 1 is 1.50 bits per heavy atom. The Balaban J connectivity index is 1.90. The Bertz CT molecular complexity index is 450. The number of piperidine rings is 1. The van der Waals surface area contributed by atoms with Gasteiger partial charge in [-0.25, -0.2) is 14.4 Å². The third-order valence-corrected chi connectivity index (χ3v) is 3.18. The van der Waals surface area contributed by atoms with E-state index in [-0.39, 0.29) is 18.0 Å². The van der Waals surface area contributed by atoms with Crippen LogP contribution in [0, 0.1) is 11.7 Å². The summed E-state index contributed by atoms with van der Waals surface area (Å²) >= 11 is 0. The molecular weight excluding hydrogens is 261 g/mol. The summed E-state index contributed by atoms with van der Waals surface area (Å²) in [6, 6.07) is 0.162. The van der Waals surface area contributed by atoms with Gasteiger partial charge in [-0.05, 0) is 18.8 Å². The van der Waals surface area contributed by atoms with Gasteiger partial charge in [0.2, 0.25) is 5.91 Å². The van der Waals surface area contributed by atoms with Crippen molar-refractivity contribution in [3.05, 3.63) is 18.2 Å². The minimum absolute atomic E-state index is 0.120. The second kappa shape index (κ2) is 6.63. The predicted octanol–water partition coefficient (Wildman–Crippen LogP) is 2.03. The van der Waals surface area contributed by atoms with Gasteiger partial charge in [0.15, 0.2) is 5.82 Å². The maximum absolute atomic E-state index is 12.7. The van der Waals surface area contributed by atoms with E-state index in [1.165, 1.54) is 0 Å². The van der Waals surface area contributed by atoms with Crippen LogP contribution in [0.4, 0.5) is 4.39 Å². The molecule has 1 aromatic heterocycles. The number of rotatable bonds is 4. The van der Waals surface area contributed by atoms with Crippen LogP contribution in [-0.4, -0.2) is 40.0 Å². The highest BCUT2D eigenvalue weighted by molar-refractivity contribution is 5.76. The first-order chi connectivity index (χ1) is 9.54. The number of halogens is 1. The van der Waals surface area contributed by atoms with E-state index in [4.69, 9.17) is 4.74 Å². The number of nitrogens with zero attached hydrogens (tertiary/aromatic N) is 3. The Kier molecular flexibility index (Phi) is 4.87. The van der Waals surface area contributed by atoms with Gasteiger partial charge in [0.1, 0.15) is 6.10 Å². The molecule has 1 aliphatic rings. The minimum Gasteiger partial charge on any atom is -0.458 e. The van der Waals surface area contributed by atoms with E-state index in [9.17, 15) is 9.18 Å². The second-order valence-corrected chi connectivity index (χ2v) is 5.50. The van der Waals surface area contributed by atoms with Crippen molar-refractivity contribution in [2.75, 3.05) is 13.1 Å². The van der Waals surface area contributed by atoms with Crippen molar-refractivity contribution in [3.63, 3.8) is 0 Å². The average Bonchev–Trinajstić information content (AvgIpc) is 2.41. The Morgan fingerprint density at radius 2 is 2.20 bits per heavy atom. The molecule has 0 bridgehead atoms. The van der Waals surface area contributed by atoms with Gasteiger partial charge >= 0.3 is 6.01 Å². The third-order valence-electron chi connectivity index (χ3n) is 3.18. The van der Waals surface area contributed by atoms with Crippen LogP contribution in [0.1, 0.15) is 33.1 Å². The molecule has 0 spiro atoms. The summed E-state index contributed by atoms with van der Waals surface area (Å²) in [5.74, 6) is 0.0206. The number of hydrogen-bond acceptors (Lipinski definition) is 4. The molecule has 6 heteroatoms. The van der Waals surface area contributed by atoms with Gasteiger partial charge in [-0.15, -0.1) is 0 Å². The Labute approximate surface area is 118 Å². The molecule has 1 amide bonds. The smallest absolute Gasteiger partial charge is 0.316 e. The van der Waals surface area contributed by atoms with Crippen molar-refractivity contribution in [2.24, 2.45) is 5.92 Å². The van der Waals surface area contributed by atoms with Crippen molar-refractivity contribution in [2.45, 2.75) is 39.2 Å². The molecule has 1 aromatic rings. The molecule has 1 unspecified atom stereocenters. The molecule has 5 nitrogen and oxygen atoms in total. The van der Waals surface area contributed by atoms with E-state index in [2.05, 4.69) is 9.97 Å². The van der Waals surface area contributed by atoms with E-state index in [1.807, 2.05) is 18.7 Å². The van der Waals surface area contributed by atoms with Crippen LogP contribution in [0.25, 0.3) is 0 Å². The van der Waals surface area contributed by atoms with Crippen molar-refractivity contribution < 1.29 is 13.9 Å². The van der Waals surface area contributed by atoms with Crippen LogP contribution in [-0.2, 0) is 4.79 Å². The lowest BCUT2D eigenvalue weighted by atomic mass is 10.1. The molecule has 2 heterocycles. The third kappa shape index (κ3) is 4.15. The second-order valence-electron chi connectivity index (χ2n) is 5.50. The lowest BCUT2D eigenvalue weighted by molar-refractivity contribution is -0.134. The first-order valence-corrected chi connectivity index (χ1v) is 6.96. The van der Waals surface area contributed by atoms with Crippen molar-refractivity contribution in [1.29, 1.82) is 0 Å². The largest absolute Gasteiger partial charge is 0.458 e. The van der Waals surface area contributed by atoms with E-state index in [0.717, 1.165) is 31.8 Å². The maximum atomic E-state index is 12.7. The summed E-state index contributed by atoms with van der Waals surface area (Å²) in [6.45, 7) is 5.38. The fourth-order valence-corrected chi connectivity index (χ4v) is 2.25. The molecule has 0 saturated carbocycles. The Hall–Kier alpha value is -1.72. The van der Waals surface area contributed by atoms with Crippen molar-refractivity contribution in [3.8, 4) is 6.01 Å². The van der Waals surface area contributed by atoms with Crippen molar-refractivity contribution >= 4 is 5.91 Å². The lowest BCUT2D eigenvalue weighted by Crippen LogP contribution is -2.44. The van der Waals surface area contributed by atoms with Gasteiger partial charge in [-0.2, -0.15) is 0 Å². The summed E-state index contributed by atoms with van der Waals surface area (Å²) in [7, 11) is 0. The highest BCUT2D eigenvalue weighted by Crippen LogP contribution is 2.17. The maximum Gasteiger partial charge on any atom is 0.316 e. The number of hydrogen-bond donors (Lipinski definition) is 0. The molecule has 0 N–H and O–H groups in total. The summed E-state index contributed by atoms with van der Waals surface area (Å²) < 4.78 is 18.3. The molecule has 1 atom stereocenters. The van der Waals surface area contributed by atoms with Gasteiger partial charge in [-0.1, -0.05) is 13.8 Å². The highest BCUT2D eigenvalue weighted by Gasteiger charge is 2.25. The van der Waals surface area contributed by atoms with Crippen LogP contribution < -0.4 is 4.74 Å². The fourth-order valence-electron chi connectivity index (χ4n) is 2.25. The van der Waals surface area contributed by atoms with Gasteiger partial charge < -0.3 is 9.64 Å². The first kappa shape index (κ1) is 14.7. The van der Waals surface area contributed by atoms with Crippen LogP contribution >= 0.6 is 0 Å². The molecular formula is C14H20FN3O2. The number of carbonyl (C=O) groups is 1. The van der Waals surface area contributed by atoms with Crippen LogP contribution in [0.2, 0.25) is 0 Å². The zero-order valence-corrected chi connectivity index (χ0v) is 11.9. The molecule has 0 aliphatic carbocycles. The minimum atomic E-state index is -0.491. The number of aromatic nitrogens is 2. The van der Waals surface area contributed by atoms with E-state index in [0.29, 0.717) is 18.9 Å².